The van der Waals surface area contributed by atoms with Crippen molar-refractivity contribution >= 4 is 5.69 Å². The average Bonchev–Trinajstić information content (AvgIpc) is 2.47. The van der Waals surface area contributed by atoms with Gasteiger partial charge in [-0.15, -0.1) is 6.42 Å². The largest absolute Gasteiger partial charge is 0.508 e. The summed E-state index contributed by atoms with van der Waals surface area (Å²) in [7, 11) is 0. The molecule has 20 heavy (non-hydrogen) atoms. The van der Waals surface area contributed by atoms with E-state index in [1.165, 1.54) is 0 Å². The van der Waals surface area contributed by atoms with Crippen LogP contribution in [0.3, 0.4) is 0 Å². The fraction of sp³-hybridized carbons (Fsp3) is 0.176. The minimum atomic E-state index is 0.252. The number of terminal acetylenes is 1. The molecular weight excluding hydrogens is 250 g/mol. The van der Waals surface area contributed by atoms with E-state index in [-0.39, 0.29) is 12.4 Å². The highest BCUT2D eigenvalue weighted by Crippen LogP contribution is 2.23. The Kier molecular flexibility index (Phi) is 4.52. The van der Waals surface area contributed by atoms with Gasteiger partial charge in [0.2, 0.25) is 0 Å². The molecule has 0 aromatic heterocycles. The number of rotatable bonds is 5. The summed E-state index contributed by atoms with van der Waals surface area (Å²) in [5.74, 6) is 3.51. The van der Waals surface area contributed by atoms with Crippen LogP contribution in [0.15, 0.2) is 42.5 Å². The Morgan fingerprint density at radius 2 is 2.05 bits per heavy atom. The summed E-state index contributed by atoms with van der Waals surface area (Å²) >= 11 is 0. The maximum Gasteiger partial charge on any atom is 0.148 e. The number of aromatic hydroxyl groups is 1. The van der Waals surface area contributed by atoms with Crippen LogP contribution in [0, 0.1) is 19.3 Å². The van der Waals surface area contributed by atoms with Gasteiger partial charge in [0.05, 0.1) is 0 Å². The Balaban J connectivity index is 2.06. The lowest BCUT2D eigenvalue weighted by atomic mass is 10.1. The average molecular weight is 267 g/mol. The second-order valence-electron chi connectivity index (χ2n) is 4.46. The summed E-state index contributed by atoms with van der Waals surface area (Å²) in [5, 5.41) is 12.9. The SMILES string of the molecule is C#CCOc1ccccc1CNc1ccc(C)c(O)c1. The van der Waals surface area contributed by atoms with Crippen LogP contribution in [0.5, 0.6) is 11.5 Å². The number of para-hydroxylation sites is 1. The first kappa shape index (κ1) is 13.8. The summed E-state index contributed by atoms with van der Waals surface area (Å²) in [6.45, 7) is 2.72. The first-order valence-electron chi connectivity index (χ1n) is 6.38. The highest BCUT2D eigenvalue weighted by Gasteiger charge is 2.03. The quantitative estimate of drug-likeness (QED) is 0.816. The molecule has 2 aromatic carbocycles. The third-order valence-corrected chi connectivity index (χ3v) is 2.98. The third kappa shape index (κ3) is 3.46. The number of nitrogens with one attached hydrogen (secondary N) is 1. The zero-order valence-corrected chi connectivity index (χ0v) is 11.4. The number of anilines is 1. The van der Waals surface area contributed by atoms with Crippen LogP contribution < -0.4 is 10.1 Å². The maximum absolute atomic E-state index is 9.68. The lowest BCUT2D eigenvalue weighted by molar-refractivity contribution is 0.366. The fourth-order valence-electron chi connectivity index (χ4n) is 1.83. The minimum absolute atomic E-state index is 0.252. The second kappa shape index (κ2) is 6.53. The van der Waals surface area contributed by atoms with Gasteiger partial charge in [0.1, 0.15) is 18.1 Å². The lowest BCUT2D eigenvalue weighted by Gasteiger charge is -2.12. The summed E-state index contributed by atoms with van der Waals surface area (Å²) in [4.78, 5) is 0. The van der Waals surface area contributed by atoms with Gasteiger partial charge in [0.15, 0.2) is 0 Å². The predicted octanol–water partition coefficient (Wildman–Crippen LogP) is 3.32. The van der Waals surface area contributed by atoms with Crippen molar-refractivity contribution in [3.05, 3.63) is 53.6 Å². The molecule has 0 heterocycles. The van der Waals surface area contributed by atoms with Crippen LogP contribution in [0.25, 0.3) is 0 Å². The van der Waals surface area contributed by atoms with Crippen LogP contribution in [0.1, 0.15) is 11.1 Å². The molecule has 0 bridgehead atoms. The molecular formula is C17H17NO2. The van der Waals surface area contributed by atoms with E-state index in [4.69, 9.17) is 11.2 Å². The predicted molar refractivity (Wildman–Crippen MR) is 80.9 cm³/mol. The summed E-state index contributed by atoms with van der Waals surface area (Å²) in [5.41, 5.74) is 2.73. The van der Waals surface area contributed by atoms with E-state index in [1.54, 1.807) is 6.07 Å². The maximum atomic E-state index is 9.68. The molecule has 102 valence electrons. The topological polar surface area (TPSA) is 41.5 Å². The molecule has 0 aliphatic heterocycles. The number of ether oxygens (including phenoxy) is 1. The molecule has 0 amide bonds. The molecule has 2 N–H and O–H groups in total. The Morgan fingerprint density at radius 3 is 2.80 bits per heavy atom. The van der Waals surface area contributed by atoms with Gasteiger partial charge in [-0.2, -0.15) is 0 Å². The summed E-state index contributed by atoms with van der Waals surface area (Å²) in [6.07, 6.45) is 5.20. The molecule has 0 aliphatic carbocycles. The first-order valence-corrected chi connectivity index (χ1v) is 6.38. The molecule has 0 saturated carbocycles. The van der Waals surface area contributed by atoms with Gasteiger partial charge in [-0.1, -0.05) is 30.2 Å². The van der Waals surface area contributed by atoms with Crippen LogP contribution >= 0.6 is 0 Å². The third-order valence-electron chi connectivity index (χ3n) is 2.98. The molecule has 0 spiro atoms. The molecule has 2 rings (SSSR count). The first-order chi connectivity index (χ1) is 9.70. The van der Waals surface area contributed by atoms with Crippen molar-refractivity contribution in [2.24, 2.45) is 0 Å². The van der Waals surface area contributed by atoms with Crippen LogP contribution in [-0.4, -0.2) is 11.7 Å². The number of phenolic OH excluding ortho intramolecular Hbond substituents is 1. The number of aryl methyl sites for hydroxylation is 1. The van der Waals surface area contributed by atoms with Crippen molar-refractivity contribution < 1.29 is 9.84 Å². The molecule has 0 unspecified atom stereocenters. The van der Waals surface area contributed by atoms with Crippen LogP contribution in [-0.2, 0) is 6.54 Å². The molecule has 3 heteroatoms. The fourth-order valence-corrected chi connectivity index (χ4v) is 1.83. The second-order valence-corrected chi connectivity index (χ2v) is 4.46. The zero-order valence-electron chi connectivity index (χ0n) is 11.4. The number of phenols is 1. The molecule has 0 radical (unpaired) electrons. The number of benzene rings is 2. The van der Waals surface area contributed by atoms with Crippen molar-refractivity contribution in [1.82, 2.24) is 0 Å². The van der Waals surface area contributed by atoms with Gasteiger partial charge in [0.25, 0.3) is 0 Å². The Bertz CT molecular complexity index is 629. The molecule has 0 aliphatic rings. The summed E-state index contributed by atoms with van der Waals surface area (Å²) in [6, 6.07) is 13.2. The van der Waals surface area contributed by atoms with Crippen molar-refractivity contribution in [2.45, 2.75) is 13.5 Å². The zero-order chi connectivity index (χ0) is 14.4. The Morgan fingerprint density at radius 1 is 1.25 bits per heavy atom. The number of hydrogen-bond donors (Lipinski definition) is 2. The van der Waals surface area contributed by atoms with E-state index >= 15 is 0 Å². The molecule has 0 saturated heterocycles. The van der Waals surface area contributed by atoms with Crippen molar-refractivity contribution in [3.8, 4) is 23.8 Å². The minimum Gasteiger partial charge on any atom is -0.508 e. The standard InChI is InChI=1S/C17H17NO2/c1-3-10-20-17-7-5-4-6-14(17)12-18-15-9-8-13(2)16(19)11-15/h1,4-9,11,18-19H,10,12H2,2H3. The van der Waals surface area contributed by atoms with Gasteiger partial charge in [-0.05, 0) is 24.6 Å². The monoisotopic (exact) mass is 267 g/mol. The van der Waals surface area contributed by atoms with Gasteiger partial charge < -0.3 is 15.2 Å². The van der Waals surface area contributed by atoms with Crippen LogP contribution in [0.2, 0.25) is 0 Å². The Hall–Kier alpha value is -2.60. The van der Waals surface area contributed by atoms with Crippen molar-refractivity contribution in [3.63, 3.8) is 0 Å². The van der Waals surface area contributed by atoms with Gasteiger partial charge in [-0.3, -0.25) is 0 Å². The van der Waals surface area contributed by atoms with Crippen molar-refractivity contribution in [1.29, 1.82) is 0 Å². The van der Waals surface area contributed by atoms with Gasteiger partial charge in [-0.25, -0.2) is 0 Å². The van der Waals surface area contributed by atoms with E-state index in [0.29, 0.717) is 6.54 Å². The van der Waals surface area contributed by atoms with E-state index < -0.39 is 0 Å². The van der Waals surface area contributed by atoms with Gasteiger partial charge >= 0.3 is 0 Å². The molecule has 0 atom stereocenters. The lowest BCUT2D eigenvalue weighted by Crippen LogP contribution is -2.03. The van der Waals surface area contributed by atoms with E-state index in [0.717, 1.165) is 22.6 Å². The highest BCUT2D eigenvalue weighted by atomic mass is 16.5. The summed E-state index contributed by atoms with van der Waals surface area (Å²) < 4.78 is 5.49. The Labute approximate surface area is 119 Å². The van der Waals surface area contributed by atoms with Crippen molar-refractivity contribution in [2.75, 3.05) is 11.9 Å². The molecule has 3 nitrogen and oxygen atoms in total. The van der Waals surface area contributed by atoms with E-state index in [1.807, 2.05) is 43.3 Å². The highest BCUT2D eigenvalue weighted by molar-refractivity contribution is 5.51. The van der Waals surface area contributed by atoms with Gasteiger partial charge in [0, 0.05) is 23.9 Å². The normalized spacial score (nSPS) is 9.80. The smallest absolute Gasteiger partial charge is 0.148 e. The molecule has 0 fully saturated rings. The number of hydrogen-bond acceptors (Lipinski definition) is 3. The molecule has 2 aromatic rings. The van der Waals surface area contributed by atoms with E-state index in [2.05, 4.69) is 11.2 Å². The van der Waals surface area contributed by atoms with Crippen LogP contribution in [0.4, 0.5) is 5.69 Å². The van der Waals surface area contributed by atoms with E-state index in [9.17, 15) is 5.11 Å².